The summed E-state index contributed by atoms with van der Waals surface area (Å²) in [7, 11) is 0. The first-order chi connectivity index (χ1) is 16.3. The van der Waals surface area contributed by atoms with E-state index in [1.807, 2.05) is 0 Å². The van der Waals surface area contributed by atoms with Crippen molar-refractivity contribution in [3.8, 4) is 0 Å². The van der Waals surface area contributed by atoms with Crippen molar-refractivity contribution < 1.29 is 47.1 Å². The first kappa shape index (κ1) is 27.5. The topological polar surface area (TPSA) is 121 Å². The molecule has 4 aromatic rings. The fraction of sp³-hybridized carbons (Fsp3) is 0.0714. The Morgan fingerprint density at radius 1 is 0.457 bits per heavy atom. The molecule has 4 aromatic carbocycles. The second kappa shape index (κ2) is 12.1. The summed E-state index contributed by atoms with van der Waals surface area (Å²) in [6.07, 6.45) is 0. The number of benzene rings is 4. The van der Waals surface area contributed by atoms with Gasteiger partial charge in [-0.15, -0.1) is 0 Å². The molecule has 0 bridgehead atoms. The number of hydrogen-bond acceptors (Lipinski definition) is 6. The first-order valence-electron chi connectivity index (χ1n) is 10.4. The van der Waals surface area contributed by atoms with Crippen molar-refractivity contribution in [3.05, 3.63) is 144 Å². The number of aliphatic hydroxyl groups is 2. The summed E-state index contributed by atoms with van der Waals surface area (Å²) in [5, 5.41) is 43.3. The van der Waals surface area contributed by atoms with Crippen LogP contribution in [-0.4, -0.2) is 22.2 Å². The average Bonchev–Trinajstić information content (AvgIpc) is 2.90. The van der Waals surface area contributed by atoms with Crippen LogP contribution in [0.1, 0.15) is 22.3 Å². The monoisotopic (exact) mass is 517 g/mol. The fourth-order valence-electron chi connectivity index (χ4n) is 3.52. The Labute approximate surface area is 213 Å². The van der Waals surface area contributed by atoms with Gasteiger partial charge in [0.1, 0.15) is 0 Å². The number of carbonyl (C=O) groups excluding carboxylic acids is 2. The third-order valence-electron chi connectivity index (χ3n) is 5.36. The number of rotatable bonds is 6. The molecule has 7 heteroatoms. The van der Waals surface area contributed by atoms with Crippen LogP contribution in [0.3, 0.4) is 0 Å². The molecule has 181 valence electrons. The van der Waals surface area contributed by atoms with E-state index in [1.165, 1.54) is 0 Å². The molecule has 0 aromatic heterocycles. The first-order valence-corrected chi connectivity index (χ1v) is 10.4. The Balaban J connectivity index is 0.000000240. The number of hydrogen-bond donors (Lipinski definition) is 2. The minimum absolute atomic E-state index is 0. The standard InChI is InChI=1S/2C14H12O3.Cu/c2*15-13(16)14(17,11-7-3-1-4-8-11)12-9-5-2-6-10-12;/h2*1-10,17H,(H,15,16);/q;;+2/p-2. The van der Waals surface area contributed by atoms with Crippen LogP contribution < -0.4 is 10.2 Å². The quantitative estimate of drug-likeness (QED) is 0.372. The third-order valence-corrected chi connectivity index (χ3v) is 5.36. The molecule has 0 aliphatic rings. The molecule has 35 heavy (non-hydrogen) atoms. The van der Waals surface area contributed by atoms with E-state index in [0.29, 0.717) is 0 Å². The normalized spacial score (nSPS) is 10.8. The zero-order chi connectivity index (χ0) is 24.6. The van der Waals surface area contributed by atoms with Gasteiger partial charge in [0, 0.05) is 0 Å². The van der Waals surface area contributed by atoms with Crippen molar-refractivity contribution in [2.24, 2.45) is 0 Å². The molecule has 0 heterocycles. The maximum absolute atomic E-state index is 11.3. The predicted molar refractivity (Wildman–Crippen MR) is 122 cm³/mol. The van der Waals surface area contributed by atoms with Crippen molar-refractivity contribution in [3.63, 3.8) is 0 Å². The summed E-state index contributed by atoms with van der Waals surface area (Å²) in [6, 6.07) is 32.9. The summed E-state index contributed by atoms with van der Waals surface area (Å²) < 4.78 is 0. The zero-order valence-corrected chi connectivity index (χ0v) is 19.3. The minimum atomic E-state index is -2.11. The van der Waals surface area contributed by atoms with Gasteiger partial charge in [0.15, 0.2) is 11.2 Å². The van der Waals surface area contributed by atoms with Crippen molar-refractivity contribution >= 4 is 11.9 Å². The van der Waals surface area contributed by atoms with Crippen molar-refractivity contribution in [2.45, 2.75) is 11.2 Å². The van der Waals surface area contributed by atoms with Gasteiger partial charge in [-0.1, -0.05) is 121 Å². The van der Waals surface area contributed by atoms with E-state index < -0.39 is 23.1 Å². The van der Waals surface area contributed by atoms with Gasteiger partial charge in [0.25, 0.3) is 0 Å². The molecule has 0 saturated carbocycles. The van der Waals surface area contributed by atoms with Crippen LogP contribution in [0.4, 0.5) is 0 Å². The maximum atomic E-state index is 11.3. The molecule has 2 N–H and O–H groups in total. The van der Waals surface area contributed by atoms with E-state index in [2.05, 4.69) is 0 Å². The van der Waals surface area contributed by atoms with Gasteiger partial charge in [-0.25, -0.2) is 0 Å². The van der Waals surface area contributed by atoms with Crippen LogP contribution in [0.25, 0.3) is 0 Å². The largest absolute Gasteiger partial charge is 2.00 e. The number of aliphatic carboxylic acids is 2. The maximum Gasteiger partial charge on any atom is 2.00 e. The summed E-state index contributed by atoms with van der Waals surface area (Å²) in [5.74, 6) is -3.06. The van der Waals surface area contributed by atoms with Gasteiger partial charge in [-0.3, -0.25) is 0 Å². The van der Waals surface area contributed by atoms with E-state index in [4.69, 9.17) is 0 Å². The molecule has 0 spiro atoms. The van der Waals surface area contributed by atoms with E-state index >= 15 is 0 Å². The molecule has 0 atom stereocenters. The minimum Gasteiger partial charge on any atom is -0.546 e. The van der Waals surface area contributed by atoms with Gasteiger partial charge in [0.05, 0.1) is 11.9 Å². The van der Waals surface area contributed by atoms with Gasteiger partial charge in [-0.2, -0.15) is 0 Å². The molecule has 0 unspecified atom stereocenters. The predicted octanol–water partition coefficient (Wildman–Crippen LogP) is 1.34. The molecule has 0 amide bonds. The number of carboxylic acids is 2. The SMILES string of the molecule is O=C([O-])C(O)(c1ccccc1)c1ccccc1.O=C([O-])C(O)(c1ccccc1)c1ccccc1.[Cu+2]. The Kier molecular flexibility index (Phi) is 9.51. The molecule has 0 aliphatic heterocycles. The summed E-state index contributed by atoms with van der Waals surface area (Å²) >= 11 is 0. The van der Waals surface area contributed by atoms with Gasteiger partial charge in [-0.05, 0) is 22.3 Å². The third kappa shape index (κ3) is 5.85. The van der Waals surface area contributed by atoms with Crippen LogP contribution in [0, 0.1) is 0 Å². The molecular weight excluding hydrogens is 496 g/mol. The summed E-state index contributed by atoms with van der Waals surface area (Å²) in [5.41, 5.74) is -3.08. The molecule has 1 radical (unpaired) electrons. The molecular formula is C28H22CuO6. The van der Waals surface area contributed by atoms with Crippen LogP contribution in [-0.2, 0) is 37.9 Å². The van der Waals surface area contributed by atoms with E-state index in [9.17, 15) is 30.0 Å². The molecule has 0 fully saturated rings. The molecule has 4 rings (SSSR count). The second-order valence-corrected chi connectivity index (χ2v) is 7.46. The van der Waals surface area contributed by atoms with E-state index in [-0.39, 0.29) is 39.3 Å². The molecule has 0 aliphatic carbocycles. The Hall–Kier alpha value is -3.74. The molecule has 6 nitrogen and oxygen atoms in total. The van der Waals surface area contributed by atoms with Crippen LogP contribution >= 0.6 is 0 Å². The number of carboxylic acid groups (broad SMARTS) is 2. The number of carbonyl (C=O) groups is 2. The Morgan fingerprint density at radius 3 is 0.771 bits per heavy atom. The van der Waals surface area contributed by atoms with Crippen molar-refractivity contribution in [1.82, 2.24) is 0 Å². The van der Waals surface area contributed by atoms with Crippen LogP contribution in [0.2, 0.25) is 0 Å². The zero-order valence-electron chi connectivity index (χ0n) is 18.4. The van der Waals surface area contributed by atoms with Crippen molar-refractivity contribution in [2.75, 3.05) is 0 Å². The van der Waals surface area contributed by atoms with Gasteiger partial charge in [0.2, 0.25) is 0 Å². The summed E-state index contributed by atoms with van der Waals surface area (Å²) in [6.45, 7) is 0. The molecule has 0 saturated heterocycles. The van der Waals surface area contributed by atoms with E-state index in [0.717, 1.165) is 0 Å². The summed E-state index contributed by atoms with van der Waals surface area (Å²) in [4.78, 5) is 22.5. The van der Waals surface area contributed by atoms with Crippen LogP contribution in [0.5, 0.6) is 0 Å². The smallest absolute Gasteiger partial charge is 0.546 e. The van der Waals surface area contributed by atoms with Gasteiger partial charge < -0.3 is 30.0 Å². The Bertz CT molecular complexity index is 1040. The van der Waals surface area contributed by atoms with Gasteiger partial charge >= 0.3 is 17.1 Å². The Morgan fingerprint density at radius 2 is 0.629 bits per heavy atom. The van der Waals surface area contributed by atoms with E-state index in [1.54, 1.807) is 121 Å². The second-order valence-electron chi connectivity index (χ2n) is 7.46. The van der Waals surface area contributed by atoms with Crippen molar-refractivity contribution in [1.29, 1.82) is 0 Å². The fourth-order valence-corrected chi connectivity index (χ4v) is 3.52. The van der Waals surface area contributed by atoms with Crippen LogP contribution in [0.15, 0.2) is 121 Å². The average molecular weight is 518 g/mol.